The van der Waals surface area contributed by atoms with Crippen molar-refractivity contribution in [2.45, 2.75) is 39.0 Å². The van der Waals surface area contributed by atoms with Crippen LogP contribution in [-0.2, 0) is 6.42 Å². The topological polar surface area (TPSA) is 68.2 Å². The average molecular weight is 238 g/mol. The SMILES string of the molecule is CC(CCN)CCc1nc(N2CCCC2)no1. The maximum absolute atomic E-state index is 5.53. The monoisotopic (exact) mass is 238 g/mol. The highest BCUT2D eigenvalue weighted by Crippen LogP contribution is 2.18. The third-order valence-corrected chi connectivity index (χ3v) is 3.36. The molecule has 2 N–H and O–H groups in total. The molecule has 0 amide bonds. The molecule has 1 aromatic heterocycles. The summed E-state index contributed by atoms with van der Waals surface area (Å²) in [6.45, 7) is 5.08. The Hall–Kier alpha value is -1.10. The van der Waals surface area contributed by atoms with Crippen LogP contribution in [0.1, 0.15) is 38.5 Å². The molecule has 2 heterocycles. The van der Waals surface area contributed by atoms with Crippen LogP contribution < -0.4 is 10.6 Å². The molecule has 0 aliphatic carbocycles. The number of rotatable bonds is 6. The predicted molar refractivity (Wildman–Crippen MR) is 66.9 cm³/mol. The number of nitrogens with two attached hydrogens (primary N) is 1. The van der Waals surface area contributed by atoms with Crippen LogP contribution in [0.4, 0.5) is 5.95 Å². The highest BCUT2D eigenvalue weighted by molar-refractivity contribution is 5.28. The van der Waals surface area contributed by atoms with Gasteiger partial charge in [-0.2, -0.15) is 4.98 Å². The molecular weight excluding hydrogens is 216 g/mol. The standard InChI is InChI=1S/C12H22N4O/c1-10(6-7-13)4-5-11-14-12(15-17-11)16-8-2-3-9-16/h10H,2-9,13H2,1H3. The lowest BCUT2D eigenvalue weighted by atomic mass is 10.0. The molecule has 0 radical (unpaired) electrons. The summed E-state index contributed by atoms with van der Waals surface area (Å²) in [5.41, 5.74) is 5.53. The Kier molecular flexibility index (Phi) is 4.36. The van der Waals surface area contributed by atoms with E-state index in [1.54, 1.807) is 0 Å². The fraction of sp³-hybridized carbons (Fsp3) is 0.833. The van der Waals surface area contributed by atoms with E-state index >= 15 is 0 Å². The third-order valence-electron chi connectivity index (χ3n) is 3.36. The highest BCUT2D eigenvalue weighted by atomic mass is 16.5. The minimum atomic E-state index is 0.627. The normalized spacial score (nSPS) is 17.6. The summed E-state index contributed by atoms with van der Waals surface area (Å²) in [5, 5.41) is 4.04. The molecule has 1 unspecified atom stereocenters. The van der Waals surface area contributed by atoms with Crippen LogP contribution in [0.25, 0.3) is 0 Å². The molecule has 17 heavy (non-hydrogen) atoms. The predicted octanol–water partition coefficient (Wildman–Crippen LogP) is 1.59. The quantitative estimate of drug-likeness (QED) is 0.815. The van der Waals surface area contributed by atoms with E-state index in [-0.39, 0.29) is 0 Å². The molecule has 96 valence electrons. The third kappa shape index (κ3) is 3.43. The van der Waals surface area contributed by atoms with Crippen LogP contribution in [0.2, 0.25) is 0 Å². The molecular formula is C12H22N4O. The van der Waals surface area contributed by atoms with E-state index in [0.29, 0.717) is 5.92 Å². The Morgan fingerprint density at radius 2 is 2.12 bits per heavy atom. The first kappa shape index (κ1) is 12.4. The first-order valence-corrected chi connectivity index (χ1v) is 6.57. The number of nitrogens with zero attached hydrogens (tertiary/aromatic N) is 3. The molecule has 0 spiro atoms. The lowest BCUT2D eigenvalue weighted by molar-refractivity contribution is 0.361. The number of hydrogen-bond donors (Lipinski definition) is 1. The van der Waals surface area contributed by atoms with E-state index in [9.17, 15) is 0 Å². The van der Waals surface area contributed by atoms with E-state index in [0.717, 1.165) is 50.7 Å². The summed E-state index contributed by atoms with van der Waals surface area (Å²) in [6, 6.07) is 0. The van der Waals surface area contributed by atoms with Crippen LogP contribution >= 0.6 is 0 Å². The van der Waals surface area contributed by atoms with Crippen molar-refractivity contribution in [3.8, 4) is 0 Å². The zero-order valence-corrected chi connectivity index (χ0v) is 10.6. The minimum absolute atomic E-state index is 0.627. The van der Waals surface area contributed by atoms with Crippen molar-refractivity contribution >= 4 is 5.95 Å². The van der Waals surface area contributed by atoms with Gasteiger partial charge in [0.25, 0.3) is 5.95 Å². The van der Waals surface area contributed by atoms with E-state index in [4.69, 9.17) is 10.3 Å². The van der Waals surface area contributed by atoms with Gasteiger partial charge in [0.2, 0.25) is 5.89 Å². The van der Waals surface area contributed by atoms with Crippen LogP contribution in [-0.4, -0.2) is 29.8 Å². The van der Waals surface area contributed by atoms with Crippen molar-refractivity contribution in [2.24, 2.45) is 11.7 Å². The zero-order chi connectivity index (χ0) is 12.1. The molecule has 0 saturated carbocycles. The number of aromatic nitrogens is 2. The molecule has 0 bridgehead atoms. The van der Waals surface area contributed by atoms with Gasteiger partial charge in [0.1, 0.15) is 0 Å². The number of hydrogen-bond acceptors (Lipinski definition) is 5. The second-order valence-corrected chi connectivity index (χ2v) is 4.90. The largest absolute Gasteiger partial charge is 0.338 e. The smallest absolute Gasteiger partial charge is 0.266 e. The van der Waals surface area contributed by atoms with Gasteiger partial charge in [-0.25, -0.2) is 0 Å². The van der Waals surface area contributed by atoms with Crippen LogP contribution in [0, 0.1) is 5.92 Å². The van der Waals surface area contributed by atoms with Gasteiger partial charge in [0.05, 0.1) is 0 Å². The van der Waals surface area contributed by atoms with Crippen LogP contribution in [0.15, 0.2) is 4.52 Å². The summed E-state index contributed by atoms with van der Waals surface area (Å²) in [4.78, 5) is 6.63. The lowest BCUT2D eigenvalue weighted by Crippen LogP contribution is -2.18. The van der Waals surface area contributed by atoms with Gasteiger partial charge in [-0.3, -0.25) is 0 Å². The Labute approximate surface area is 102 Å². The molecule has 1 aliphatic heterocycles. The van der Waals surface area contributed by atoms with Gasteiger partial charge in [0, 0.05) is 19.5 Å². The van der Waals surface area contributed by atoms with Crippen LogP contribution in [0.5, 0.6) is 0 Å². The van der Waals surface area contributed by atoms with Crippen molar-refractivity contribution in [1.82, 2.24) is 10.1 Å². The molecule has 5 heteroatoms. The van der Waals surface area contributed by atoms with Gasteiger partial charge in [0.15, 0.2) is 0 Å². The van der Waals surface area contributed by atoms with E-state index in [2.05, 4.69) is 22.0 Å². The van der Waals surface area contributed by atoms with Gasteiger partial charge in [-0.15, -0.1) is 0 Å². The summed E-state index contributed by atoms with van der Waals surface area (Å²) in [6.07, 6.45) is 5.46. The molecule has 1 saturated heterocycles. The molecule has 2 rings (SSSR count). The van der Waals surface area contributed by atoms with Crippen molar-refractivity contribution in [3.05, 3.63) is 5.89 Å². The van der Waals surface area contributed by atoms with E-state index < -0.39 is 0 Å². The summed E-state index contributed by atoms with van der Waals surface area (Å²) >= 11 is 0. The summed E-state index contributed by atoms with van der Waals surface area (Å²) < 4.78 is 5.27. The number of aryl methyl sites for hydroxylation is 1. The molecule has 5 nitrogen and oxygen atoms in total. The summed E-state index contributed by atoms with van der Waals surface area (Å²) in [5.74, 6) is 2.15. The molecule has 1 aromatic rings. The Bertz CT molecular complexity index is 333. The Morgan fingerprint density at radius 1 is 1.35 bits per heavy atom. The second kappa shape index (κ2) is 6.00. The van der Waals surface area contributed by atoms with E-state index in [1.807, 2.05) is 0 Å². The van der Waals surface area contributed by atoms with Gasteiger partial charge >= 0.3 is 0 Å². The molecule has 1 aliphatic rings. The zero-order valence-electron chi connectivity index (χ0n) is 10.6. The van der Waals surface area contributed by atoms with Gasteiger partial charge < -0.3 is 15.2 Å². The fourth-order valence-corrected chi connectivity index (χ4v) is 2.19. The van der Waals surface area contributed by atoms with Crippen molar-refractivity contribution in [1.29, 1.82) is 0 Å². The van der Waals surface area contributed by atoms with Crippen molar-refractivity contribution in [2.75, 3.05) is 24.5 Å². The first-order chi connectivity index (χ1) is 8.29. The fourth-order valence-electron chi connectivity index (χ4n) is 2.19. The van der Waals surface area contributed by atoms with Crippen LogP contribution in [0.3, 0.4) is 0 Å². The summed E-state index contributed by atoms with van der Waals surface area (Å²) in [7, 11) is 0. The first-order valence-electron chi connectivity index (χ1n) is 6.57. The van der Waals surface area contributed by atoms with Gasteiger partial charge in [-0.1, -0.05) is 6.92 Å². The highest BCUT2D eigenvalue weighted by Gasteiger charge is 2.18. The van der Waals surface area contributed by atoms with Gasteiger partial charge in [-0.05, 0) is 43.3 Å². The molecule has 0 aromatic carbocycles. The Balaban J connectivity index is 1.81. The Morgan fingerprint density at radius 3 is 2.82 bits per heavy atom. The van der Waals surface area contributed by atoms with Crippen molar-refractivity contribution in [3.63, 3.8) is 0 Å². The maximum Gasteiger partial charge on any atom is 0.266 e. The maximum atomic E-state index is 5.53. The van der Waals surface area contributed by atoms with E-state index in [1.165, 1.54) is 12.8 Å². The second-order valence-electron chi connectivity index (χ2n) is 4.90. The minimum Gasteiger partial charge on any atom is -0.338 e. The molecule has 1 fully saturated rings. The lowest BCUT2D eigenvalue weighted by Gasteiger charge is -2.09. The average Bonchev–Trinajstić information content (AvgIpc) is 2.97. The van der Waals surface area contributed by atoms with Crippen molar-refractivity contribution < 1.29 is 4.52 Å². The molecule has 1 atom stereocenters. The number of anilines is 1.